The molecule has 138 valence electrons. The summed E-state index contributed by atoms with van der Waals surface area (Å²) in [5.74, 6) is 0.922. The maximum absolute atomic E-state index is 12.7. The molecular formula is C25H19ClO2. The van der Waals surface area contributed by atoms with Gasteiger partial charge in [-0.3, -0.25) is 4.79 Å². The number of rotatable bonds is 5. The zero-order chi connectivity index (χ0) is 19.5. The van der Waals surface area contributed by atoms with Crippen LogP contribution < -0.4 is 4.74 Å². The van der Waals surface area contributed by atoms with Crippen LogP contribution in [0.4, 0.5) is 0 Å². The number of allylic oxidation sites excluding steroid dienone is 1. The molecule has 4 aromatic rings. The van der Waals surface area contributed by atoms with Crippen LogP contribution in [-0.4, -0.2) is 12.9 Å². The Labute approximate surface area is 169 Å². The number of hydrogen-bond acceptors (Lipinski definition) is 2. The van der Waals surface area contributed by atoms with Gasteiger partial charge in [-0.1, -0.05) is 54.6 Å². The third-order valence-corrected chi connectivity index (χ3v) is 5.21. The molecule has 0 radical (unpaired) electrons. The largest absolute Gasteiger partial charge is 0.496 e. The van der Waals surface area contributed by atoms with Crippen LogP contribution in [0.5, 0.6) is 5.75 Å². The smallest absolute Gasteiger partial charge is 0.185 e. The van der Waals surface area contributed by atoms with Crippen LogP contribution in [0.15, 0.2) is 78.9 Å². The number of halogens is 1. The minimum absolute atomic E-state index is 0.0636. The maximum Gasteiger partial charge on any atom is 0.185 e. The van der Waals surface area contributed by atoms with Gasteiger partial charge in [0, 0.05) is 11.1 Å². The number of carbonyl (C=O) groups excluding carboxylic acids is 1. The molecule has 0 saturated carbocycles. The first-order valence-electron chi connectivity index (χ1n) is 9.07. The molecule has 3 heteroatoms. The summed E-state index contributed by atoms with van der Waals surface area (Å²) in [6.45, 7) is 0. The topological polar surface area (TPSA) is 26.3 Å². The first-order chi connectivity index (χ1) is 13.7. The highest BCUT2D eigenvalue weighted by Crippen LogP contribution is 2.29. The minimum Gasteiger partial charge on any atom is -0.496 e. The van der Waals surface area contributed by atoms with Crippen molar-refractivity contribution < 1.29 is 9.53 Å². The molecule has 0 amide bonds. The highest BCUT2D eigenvalue weighted by atomic mass is 35.5. The van der Waals surface area contributed by atoms with Gasteiger partial charge in [-0.05, 0) is 57.4 Å². The van der Waals surface area contributed by atoms with Crippen molar-refractivity contribution in [2.24, 2.45) is 0 Å². The summed E-state index contributed by atoms with van der Waals surface area (Å²) in [6, 6.07) is 24.0. The van der Waals surface area contributed by atoms with E-state index in [1.54, 1.807) is 31.4 Å². The van der Waals surface area contributed by atoms with Crippen LogP contribution in [0.25, 0.3) is 27.6 Å². The maximum atomic E-state index is 12.7. The second-order valence-corrected chi connectivity index (χ2v) is 6.86. The van der Waals surface area contributed by atoms with Crippen LogP contribution in [0.2, 0.25) is 0 Å². The van der Waals surface area contributed by atoms with Crippen molar-refractivity contribution in [1.29, 1.82) is 0 Å². The molecule has 0 spiro atoms. The Morgan fingerprint density at radius 1 is 0.929 bits per heavy atom. The zero-order valence-electron chi connectivity index (χ0n) is 15.5. The van der Waals surface area contributed by atoms with Crippen LogP contribution >= 0.6 is 11.6 Å². The zero-order valence-corrected chi connectivity index (χ0v) is 16.2. The number of fused-ring (bicyclic) bond motifs is 3. The van der Waals surface area contributed by atoms with Crippen molar-refractivity contribution in [3.8, 4) is 5.75 Å². The van der Waals surface area contributed by atoms with Gasteiger partial charge in [0.05, 0.1) is 13.0 Å². The summed E-state index contributed by atoms with van der Waals surface area (Å²) < 4.78 is 5.28. The number of benzene rings is 4. The number of ketones is 1. The molecule has 0 bridgehead atoms. The number of hydrogen-bond donors (Lipinski definition) is 0. The quantitative estimate of drug-likeness (QED) is 0.166. The second kappa shape index (κ2) is 7.87. The first kappa shape index (κ1) is 18.3. The Bertz CT molecular complexity index is 1210. The average molecular weight is 387 g/mol. The van der Waals surface area contributed by atoms with E-state index in [0.29, 0.717) is 17.2 Å². The Kier molecular flexibility index (Phi) is 5.14. The van der Waals surface area contributed by atoms with Crippen molar-refractivity contribution in [2.75, 3.05) is 7.11 Å². The predicted octanol–water partition coefficient (Wildman–Crippen LogP) is 6.64. The Balaban J connectivity index is 1.75. The lowest BCUT2D eigenvalue weighted by atomic mass is 9.96. The number of methoxy groups -OCH3 is 1. The van der Waals surface area contributed by atoms with E-state index >= 15 is 0 Å². The third-order valence-electron chi connectivity index (χ3n) is 4.92. The fourth-order valence-electron chi connectivity index (χ4n) is 3.52. The molecule has 0 atom stereocenters. The van der Waals surface area contributed by atoms with E-state index in [9.17, 15) is 4.79 Å². The summed E-state index contributed by atoms with van der Waals surface area (Å²) in [5.41, 5.74) is 2.42. The van der Waals surface area contributed by atoms with E-state index in [4.69, 9.17) is 16.3 Å². The molecule has 0 saturated heterocycles. The van der Waals surface area contributed by atoms with Crippen LogP contribution in [0.1, 0.15) is 21.5 Å². The van der Waals surface area contributed by atoms with Gasteiger partial charge in [0.2, 0.25) is 0 Å². The van der Waals surface area contributed by atoms with Gasteiger partial charge in [-0.25, -0.2) is 0 Å². The normalized spacial score (nSPS) is 11.4. The SMILES string of the molecule is COc1ccc(C(=O)/C=C/c2cc3ccccc3c3ccccc23)cc1CCl. The molecule has 0 fully saturated rings. The first-order valence-corrected chi connectivity index (χ1v) is 9.60. The van der Waals surface area contributed by atoms with E-state index < -0.39 is 0 Å². The predicted molar refractivity (Wildman–Crippen MR) is 117 cm³/mol. The molecule has 0 aliphatic rings. The molecule has 0 N–H and O–H groups in total. The highest BCUT2D eigenvalue weighted by molar-refractivity contribution is 6.17. The average Bonchev–Trinajstić information content (AvgIpc) is 2.76. The highest BCUT2D eigenvalue weighted by Gasteiger charge is 2.09. The second-order valence-electron chi connectivity index (χ2n) is 6.59. The van der Waals surface area contributed by atoms with Gasteiger partial charge < -0.3 is 4.74 Å². The van der Waals surface area contributed by atoms with E-state index in [2.05, 4.69) is 30.3 Å². The van der Waals surface area contributed by atoms with Crippen LogP contribution in [0, 0.1) is 0 Å². The Morgan fingerprint density at radius 2 is 1.64 bits per heavy atom. The molecule has 0 aromatic heterocycles. The monoisotopic (exact) mass is 386 g/mol. The van der Waals surface area contributed by atoms with Crippen molar-refractivity contribution in [2.45, 2.75) is 5.88 Å². The molecular weight excluding hydrogens is 368 g/mol. The van der Waals surface area contributed by atoms with Crippen molar-refractivity contribution in [3.63, 3.8) is 0 Å². The van der Waals surface area contributed by atoms with Crippen molar-refractivity contribution in [1.82, 2.24) is 0 Å². The van der Waals surface area contributed by atoms with E-state index in [0.717, 1.165) is 21.9 Å². The number of ether oxygens (including phenoxy) is 1. The molecule has 0 aliphatic carbocycles. The van der Waals surface area contributed by atoms with Gasteiger partial charge >= 0.3 is 0 Å². The van der Waals surface area contributed by atoms with E-state index in [1.807, 2.05) is 30.3 Å². The van der Waals surface area contributed by atoms with E-state index in [1.165, 1.54) is 10.8 Å². The molecule has 0 aliphatic heterocycles. The molecule has 0 heterocycles. The van der Waals surface area contributed by atoms with Gasteiger partial charge in [0.25, 0.3) is 0 Å². The summed E-state index contributed by atoms with van der Waals surface area (Å²) in [6.07, 6.45) is 3.51. The fraction of sp³-hybridized carbons (Fsp3) is 0.0800. The summed E-state index contributed by atoms with van der Waals surface area (Å²) in [4.78, 5) is 12.7. The van der Waals surface area contributed by atoms with Gasteiger partial charge in [0.15, 0.2) is 5.78 Å². The van der Waals surface area contributed by atoms with Gasteiger partial charge in [0.1, 0.15) is 5.75 Å². The minimum atomic E-state index is -0.0636. The summed E-state index contributed by atoms with van der Waals surface area (Å²) in [7, 11) is 1.59. The molecule has 0 unspecified atom stereocenters. The Morgan fingerprint density at radius 3 is 2.39 bits per heavy atom. The number of carbonyl (C=O) groups is 1. The van der Waals surface area contributed by atoms with Crippen LogP contribution in [-0.2, 0) is 5.88 Å². The standard InChI is InChI=1S/C25H19ClO2/c1-28-25-13-11-19(15-20(25)16-26)24(27)12-10-18-14-17-6-2-3-7-21(17)23-9-5-4-8-22(18)23/h2-15H,16H2,1H3/b12-10+. The fourth-order valence-corrected chi connectivity index (χ4v) is 3.73. The van der Waals surface area contributed by atoms with Crippen molar-refractivity contribution >= 4 is 45.0 Å². The van der Waals surface area contributed by atoms with Gasteiger partial charge in [-0.2, -0.15) is 0 Å². The molecule has 4 aromatic carbocycles. The third kappa shape index (κ3) is 3.39. The lowest BCUT2D eigenvalue weighted by molar-refractivity contribution is 0.104. The van der Waals surface area contributed by atoms with E-state index in [-0.39, 0.29) is 5.78 Å². The van der Waals surface area contributed by atoms with Crippen LogP contribution in [0.3, 0.4) is 0 Å². The summed E-state index contributed by atoms with van der Waals surface area (Å²) >= 11 is 5.97. The number of alkyl halides is 1. The lowest BCUT2D eigenvalue weighted by Crippen LogP contribution is -1.97. The molecule has 28 heavy (non-hydrogen) atoms. The lowest BCUT2D eigenvalue weighted by Gasteiger charge is -2.08. The molecule has 4 rings (SSSR count). The van der Waals surface area contributed by atoms with Gasteiger partial charge in [-0.15, -0.1) is 11.6 Å². The van der Waals surface area contributed by atoms with Crippen molar-refractivity contribution in [3.05, 3.63) is 95.6 Å². The summed E-state index contributed by atoms with van der Waals surface area (Å²) in [5, 5.41) is 4.67. The molecule has 2 nitrogen and oxygen atoms in total. The Hall–Kier alpha value is -3.10.